The summed E-state index contributed by atoms with van der Waals surface area (Å²) in [6.45, 7) is 8.28. The van der Waals surface area contributed by atoms with Crippen LogP contribution in [0, 0.1) is 0 Å². The summed E-state index contributed by atoms with van der Waals surface area (Å²) in [7, 11) is 0. The SMILES string of the molecule is C[C@H](OC(=O)OC(C)(C)C)[C@@H](C)OC(=O)[C@@H](N)Cc1ccc(O)c(O)c1. The molecule has 0 bridgehead atoms. The number of carbonyl (C=O) groups excluding carboxylic acids is 2. The Morgan fingerprint density at radius 2 is 1.65 bits per heavy atom. The highest BCUT2D eigenvalue weighted by molar-refractivity contribution is 5.76. The zero-order valence-corrected chi connectivity index (χ0v) is 15.7. The average molecular weight is 369 g/mol. The normalized spacial score (nSPS) is 14.8. The lowest BCUT2D eigenvalue weighted by Crippen LogP contribution is -2.40. The first-order chi connectivity index (χ1) is 11.9. The first kappa shape index (κ1) is 21.6. The van der Waals surface area contributed by atoms with E-state index in [1.165, 1.54) is 12.1 Å². The number of benzene rings is 1. The van der Waals surface area contributed by atoms with Crippen LogP contribution in [-0.2, 0) is 25.4 Å². The van der Waals surface area contributed by atoms with Gasteiger partial charge in [0.05, 0.1) is 0 Å². The van der Waals surface area contributed by atoms with Crippen molar-refractivity contribution in [2.45, 2.75) is 64.9 Å². The van der Waals surface area contributed by atoms with Gasteiger partial charge in [-0.1, -0.05) is 6.07 Å². The van der Waals surface area contributed by atoms with Crippen LogP contribution in [0.25, 0.3) is 0 Å². The van der Waals surface area contributed by atoms with E-state index in [2.05, 4.69) is 0 Å². The summed E-state index contributed by atoms with van der Waals surface area (Å²) in [4.78, 5) is 23.7. The highest BCUT2D eigenvalue weighted by atomic mass is 16.7. The maximum atomic E-state index is 12.1. The summed E-state index contributed by atoms with van der Waals surface area (Å²) in [6.07, 6.45) is -2.19. The lowest BCUT2D eigenvalue weighted by atomic mass is 10.1. The van der Waals surface area contributed by atoms with Gasteiger partial charge in [0, 0.05) is 0 Å². The molecule has 0 unspecified atom stereocenters. The topological polar surface area (TPSA) is 128 Å². The van der Waals surface area contributed by atoms with Crippen molar-refractivity contribution in [3.8, 4) is 11.5 Å². The Kier molecular flexibility index (Phi) is 7.26. The molecule has 0 spiro atoms. The van der Waals surface area contributed by atoms with Crippen molar-refractivity contribution < 1.29 is 34.0 Å². The Hall–Kier alpha value is -2.48. The molecule has 4 N–H and O–H groups in total. The van der Waals surface area contributed by atoms with Crippen molar-refractivity contribution in [3.63, 3.8) is 0 Å². The fourth-order valence-electron chi connectivity index (χ4n) is 1.92. The van der Waals surface area contributed by atoms with Gasteiger partial charge in [-0.2, -0.15) is 0 Å². The maximum Gasteiger partial charge on any atom is 0.509 e. The molecule has 0 aliphatic rings. The van der Waals surface area contributed by atoms with E-state index >= 15 is 0 Å². The molecular formula is C18H27NO7. The zero-order valence-electron chi connectivity index (χ0n) is 15.7. The number of ether oxygens (including phenoxy) is 3. The molecule has 3 atom stereocenters. The second-order valence-electron chi connectivity index (χ2n) is 7.06. The third-order valence-corrected chi connectivity index (χ3v) is 3.43. The quantitative estimate of drug-likeness (QED) is 0.514. The lowest BCUT2D eigenvalue weighted by molar-refractivity contribution is -0.156. The zero-order chi connectivity index (χ0) is 20.1. The maximum absolute atomic E-state index is 12.1. The molecule has 8 heteroatoms. The molecule has 0 heterocycles. The Labute approximate surface area is 152 Å². The second kappa shape index (κ2) is 8.75. The van der Waals surface area contributed by atoms with E-state index in [1.807, 2.05) is 0 Å². The van der Waals surface area contributed by atoms with Crippen LogP contribution in [-0.4, -0.2) is 46.2 Å². The molecule has 0 aliphatic heterocycles. The Balaban J connectivity index is 2.54. The van der Waals surface area contributed by atoms with Crippen molar-refractivity contribution in [1.29, 1.82) is 0 Å². The van der Waals surface area contributed by atoms with Gasteiger partial charge in [0.2, 0.25) is 0 Å². The van der Waals surface area contributed by atoms with E-state index in [0.29, 0.717) is 5.56 Å². The van der Waals surface area contributed by atoms with Crippen LogP contribution in [0.4, 0.5) is 4.79 Å². The molecule has 8 nitrogen and oxygen atoms in total. The summed E-state index contributed by atoms with van der Waals surface area (Å²) >= 11 is 0. The van der Waals surface area contributed by atoms with Gasteiger partial charge in [-0.05, 0) is 58.7 Å². The number of carbonyl (C=O) groups is 2. The van der Waals surface area contributed by atoms with Crippen LogP contribution in [0.2, 0.25) is 0 Å². The van der Waals surface area contributed by atoms with Gasteiger partial charge in [0.1, 0.15) is 23.9 Å². The van der Waals surface area contributed by atoms with E-state index in [1.54, 1.807) is 40.7 Å². The highest BCUT2D eigenvalue weighted by Gasteiger charge is 2.26. The smallest absolute Gasteiger partial charge is 0.504 e. The van der Waals surface area contributed by atoms with Crippen LogP contribution < -0.4 is 5.73 Å². The van der Waals surface area contributed by atoms with Crippen LogP contribution in [0.1, 0.15) is 40.2 Å². The highest BCUT2D eigenvalue weighted by Crippen LogP contribution is 2.25. The van der Waals surface area contributed by atoms with Crippen molar-refractivity contribution in [2.75, 3.05) is 0 Å². The third-order valence-electron chi connectivity index (χ3n) is 3.43. The Morgan fingerprint density at radius 3 is 2.19 bits per heavy atom. The number of phenolic OH excluding ortho intramolecular Hbond substituents is 2. The predicted octanol–water partition coefficient (Wildman–Crippen LogP) is 2.24. The molecule has 0 radical (unpaired) electrons. The van der Waals surface area contributed by atoms with Crippen LogP contribution in [0.3, 0.4) is 0 Å². The molecule has 0 saturated carbocycles. The number of aromatic hydroxyl groups is 2. The standard InChI is InChI=1S/C18H27NO7/c1-10(11(2)25-17(23)26-18(3,4)5)24-16(22)13(19)8-12-6-7-14(20)15(21)9-12/h6-7,9-11,13,20-21H,8,19H2,1-5H3/t10-,11+,13+/m1/s1. The molecule has 146 valence electrons. The number of nitrogens with two attached hydrogens (primary N) is 1. The number of rotatable bonds is 6. The number of hydrogen-bond donors (Lipinski definition) is 3. The molecule has 0 saturated heterocycles. The largest absolute Gasteiger partial charge is 0.509 e. The van der Waals surface area contributed by atoms with Crippen molar-refractivity contribution in [2.24, 2.45) is 5.73 Å². The van der Waals surface area contributed by atoms with E-state index in [-0.39, 0.29) is 17.9 Å². The minimum Gasteiger partial charge on any atom is -0.504 e. The van der Waals surface area contributed by atoms with Crippen LogP contribution in [0.5, 0.6) is 11.5 Å². The third kappa shape index (κ3) is 7.18. The molecule has 0 amide bonds. The molecule has 1 rings (SSSR count). The molecule has 0 aliphatic carbocycles. The van der Waals surface area contributed by atoms with E-state index in [4.69, 9.17) is 19.9 Å². The summed E-state index contributed by atoms with van der Waals surface area (Å²) in [5, 5.41) is 18.8. The Bertz CT molecular complexity index is 639. The van der Waals surface area contributed by atoms with Gasteiger partial charge < -0.3 is 30.2 Å². The van der Waals surface area contributed by atoms with Gasteiger partial charge >= 0.3 is 12.1 Å². The van der Waals surface area contributed by atoms with Gasteiger partial charge in [-0.15, -0.1) is 0 Å². The van der Waals surface area contributed by atoms with E-state index in [0.717, 1.165) is 0 Å². The molecular weight excluding hydrogens is 342 g/mol. The minimum atomic E-state index is -0.977. The molecule has 1 aromatic carbocycles. The van der Waals surface area contributed by atoms with Crippen LogP contribution in [0.15, 0.2) is 18.2 Å². The molecule has 0 fully saturated rings. The summed E-state index contributed by atoms with van der Waals surface area (Å²) in [5.41, 5.74) is 5.70. The van der Waals surface area contributed by atoms with Gasteiger partial charge in [0.25, 0.3) is 0 Å². The predicted molar refractivity (Wildman–Crippen MR) is 93.8 cm³/mol. The first-order valence-electron chi connectivity index (χ1n) is 8.25. The number of hydrogen-bond acceptors (Lipinski definition) is 8. The summed E-state index contributed by atoms with van der Waals surface area (Å²) in [6, 6.07) is 3.19. The number of phenols is 2. The summed E-state index contributed by atoms with van der Waals surface area (Å²) in [5.74, 6) is -1.23. The molecule has 0 aromatic heterocycles. The fraction of sp³-hybridized carbons (Fsp3) is 0.556. The minimum absolute atomic E-state index is 0.112. The van der Waals surface area contributed by atoms with Crippen LogP contribution >= 0.6 is 0 Å². The molecule has 26 heavy (non-hydrogen) atoms. The monoisotopic (exact) mass is 369 g/mol. The van der Waals surface area contributed by atoms with Gasteiger partial charge in [0.15, 0.2) is 11.5 Å². The fourth-order valence-corrected chi connectivity index (χ4v) is 1.92. The van der Waals surface area contributed by atoms with E-state index < -0.39 is 36.0 Å². The average Bonchev–Trinajstić information content (AvgIpc) is 2.48. The second-order valence-corrected chi connectivity index (χ2v) is 7.06. The Morgan fingerprint density at radius 1 is 1.08 bits per heavy atom. The van der Waals surface area contributed by atoms with Crippen molar-refractivity contribution in [1.82, 2.24) is 0 Å². The van der Waals surface area contributed by atoms with Gasteiger partial charge in [-0.3, -0.25) is 4.79 Å². The number of esters is 1. The lowest BCUT2D eigenvalue weighted by Gasteiger charge is -2.24. The summed E-state index contributed by atoms with van der Waals surface area (Å²) < 4.78 is 15.3. The molecule has 1 aromatic rings. The van der Waals surface area contributed by atoms with Crippen molar-refractivity contribution in [3.05, 3.63) is 23.8 Å². The first-order valence-corrected chi connectivity index (χ1v) is 8.25. The van der Waals surface area contributed by atoms with Crippen molar-refractivity contribution >= 4 is 12.1 Å². The van der Waals surface area contributed by atoms with E-state index in [9.17, 15) is 19.8 Å². The van der Waals surface area contributed by atoms with Gasteiger partial charge in [-0.25, -0.2) is 4.79 Å².